The average molecular weight is 231 g/mol. The van der Waals surface area contributed by atoms with E-state index in [4.69, 9.17) is 4.74 Å². The van der Waals surface area contributed by atoms with Crippen molar-refractivity contribution in [2.75, 3.05) is 6.61 Å². The van der Waals surface area contributed by atoms with Crippen molar-refractivity contribution in [3.05, 3.63) is 35.9 Å². The molecule has 2 heteroatoms. The van der Waals surface area contributed by atoms with Crippen LogP contribution >= 0.6 is 0 Å². The van der Waals surface area contributed by atoms with Gasteiger partial charge in [0, 0.05) is 24.6 Å². The third-order valence-corrected chi connectivity index (χ3v) is 3.95. The summed E-state index contributed by atoms with van der Waals surface area (Å²) in [5.41, 5.74) is 1.49. The van der Waals surface area contributed by atoms with E-state index in [-0.39, 0.29) is 0 Å². The van der Waals surface area contributed by atoms with Crippen molar-refractivity contribution in [3.8, 4) is 0 Å². The van der Waals surface area contributed by atoms with Gasteiger partial charge in [0.15, 0.2) is 0 Å². The van der Waals surface area contributed by atoms with Crippen LogP contribution in [-0.2, 0) is 4.74 Å². The summed E-state index contributed by atoms with van der Waals surface area (Å²) < 4.78 is 5.58. The molecule has 4 unspecified atom stereocenters. The normalized spacial score (nSPS) is 36.8. The van der Waals surface area contributed by atoms with Crippen LogP contribution in [0.5, 0.6) is 0 Å². The highest BCUT2D eigenvalue weighted by atomic mass is 16.5. The zero-order chi connectivity index (χ0) is 11.7. The lowest BCUT2D eigenvalue weighted by Crippen LogP contribution is -2.39. The van der Waals surface area contributed by atoms with Gasteiger partial charge in [-0.25, -0.2) is 0 Å². The summed E-state index contributed by atoms with van der Waals surface area (Å²) in [5, 5.41) is 3.79. The highest BCUT2D eigenvalue weighted by molar-refractivity contribution is 5.27. The van der Waals surface area contributed by atoms with Crippen LogP contribution in [-0.4, -0.2) is 24.8 Å². The lowest BCUT2D eigenvalue weighted by Gasteiger charge is -2.28. The molecule has 1 heterocycles. The van der Waals surface area contributed by atoms with E-state index in [1.807, 2.05) is 0 Å². The molecule has 1 aliphatic heterocycles. The molecule has 0 spiro atoms. The number of nitrogens with one attached hydrogen (secondary N) is 1. The Labute approximate surface area is 103 Å². The summed E-state index contributed by atoms with van der Waals surface area (Å²) in [4.78, 5) is 0. The standard InChI is InChI=1S/C15H21NO/c1-11-9-13(7-8-17-11)16-15-10-14(15)12-5-3-2-4-6-12/h2-6,11,13-16H,7-10H2,1H3. The van der Waals surface area contributed by atoms with E-state index in [0.717, 1.165) is 18.9 Å². The molecule has 0 aromatic heterocycles. The van der Waals surface area contributed by atoms with E-state index in [9.17, 15) is 0 Å². The molecule has 1 saturated carbocycles. The topological polar surface area (TPSA) is 21.3 Å². The predicted octanol–water partition coefficient (Wildman–Crippen LogP) is 2.70. The van der Waals surface area contributed by atoms with Crippen LogP contribution in [0.2, 0.25) is 0 Å². The molecule has 1 saturated heterocycles. The summed E-state index contributed by atoms with van der Waals surface area (Å²) in [6, 6.07) is 12.2. The number of hydrogen-bond acceptors (Lipinski definition) is 2. The molecule has 1 aliphatic carbocycles. The Kier molecular flexibility index (Phi) is 3.17. The van der Waals surface area contributed by atoms with Gasteiger partial charge in [0.2, 0.25) is 0 Å². The Morgan fingerprint density at radius 3 is 2.76 bits per heavy atom. The Balaban J connectivity index is 1.52. The smallest absolute Gasteiger partial charge is 0.0561 e. The first kappa shape index (κ1) is 11.2. The SMILES string of the molecule is CC1CC(NC2CC2c2ccccc2)CCO1. The van der Waals surface area contributed by atoms with Crippen LogP contribution in [0.15, 0.2) is 30.3 Å². The van der Waals surface area contributed by atoms with Gasteiger partial charge in [0.25, 0.3) is 0 Å². The first-order chi connectivity index (χ1) is 8.33. The number of rotatable bonds is 3. The van der Waals surface area contributed by atoms with Crippen LogP contribution in [0.4, 0.5) is 0 Å². The third-order valence-electron chi connectivity index (χ3n) is 3.95. The molecular formula is C15H21NO. The lowest BCUT2D eigenvalue weighted by atomic mass is 10.0. The maximum Gasteiger partial charge on any atom is 0.0561 e. The average Bonchev–Trinajstić information content (AvgIpc) is 3.10. The molecule has 1 N–H and O–H groups in total. The molecular weight excluding hydrogens is 210 g/mol. The number of benzene rings is 1. The lowest BCUT2D eigenvalue weighted by molar-refractivity contribution is 0.0129. The zero-order valence-corrected chi connectivity index (χ0v) is 10.4. The summed E-state index contributed by atoms with van der Waals surface area (Å²) in [6.45, 7) is 3.09. The van der Waals surface area contributed by atoms with Gasteiger partial charge in [0.1, 0.15) is 0 Å². The Morgan fingerprint density at radius 2 is 2.00 bits per heavy atom. The van der Waals surface area contributed by atoms with Crippen LogP contribution in [0.1, 0.15) is 37.7 Å². The Morgan fingerprint density at radius 1 is 1.18 bits per heavy atom. The molecule has 0 bridgehead atoms. The highest BCUT2D eigenvalue weighted by Crippen LogP contribution is 2.41. The van der Waals surface area contributed by atoms with Gasteiger partial charge in [0.05, 0.1) is 6.10 Å². The van der Waals surface area contributed by atoms with Crippen molar-refractivity contribution in [2.45, 2.75) is 50.3 Å². The van der Waals surface area contributed by atoms with E-state index in [2.05, 4.69) is 42.6 Å². The fourth-order valence-electron chi connectivity index (χ4n) is 2.90. The first-order valence-corrected chi connectivity index (χ1v) is 6.75. The number of ether oxygens (including phenoxy) is 1. The molecule has 4 atom stereocenters. The molecule has 2 nitrogen and oxygen atoms in total. The minimum Gasteiger partial charge on any atom is -0.378 e. The second kappa shape index (κ2) is 4.79. The van der Waals surface area contributed by atoms with E-state index >= 15 is 0 Å². The summed E-state index contributed by atoms with van der Waals surface area (Å²) in [6.07, 6.45) is 4.06. The van der Waals surface area contributed by atoms with Gasteiger partial charge in [-0.05, 0) is 31.7 Å². The largest absolute Gasteiger partial charge is 0.378 e. The van der Waals surface area contributed by atoms with Crippen molar-refractivity contribution >= 4 is 0 Å². The van der Waals surface area contributed by atoms with E-state index in [1.165, 1.54) is 18.4 Å². The quantitative estimate of drug-likeness (QED) is 0.863. The summed E-state index contributed by atoms with van der Waals surface area (Å²) in [5.74, 6) is 0.745. The highest BCUT2D eigenvalue weighted by Gasteiger charge is 2.39. The molecule has 1 aromatic carbocycles. The molecule has 2 fully saturated rings. The van der Waals surface area contributed by atoms with E-state index in [0.29, 0.717) is 18.2 Å². The summed E-state index contributed by atoms with van der Waals surface area (Å²) in [7, 11) is 0. The van der Waals surface area contributed by atoms with Gasteiger partial charge in [-0.1, -0.05) is 30.3 Å². The second-order valence-electron chi connectivity index (χ2n) is 5.43. The van der Waals surface area contributed by atoms with Gasteiger partial charge >= 0.3 is 0 Å². The maximum absolute atomic E-state index is 5.58. The summed E-state index contributed by atoms with van der Waals surface area (Å²) >= 11 is 0. The van der Waals surface area contributed by atoms with Crippen molar-refractivity contribution in [1.29, 1.82) is 0 Å². The van der Waals surface area contributed by atoms with E-state index in [1.54, 1.807) is 0 Å². The fourth-order valence-corrected chi connectivity index (χ4v) is 2.90. The van der Waals surface area contributed by atoms with Crippen LogP contribution in [0, 0.1) is 0 Å². The third kappa shape index (κ3) is 2.70. The van der Waals surface area contributed by atoms with Crippen molar-refractivity contribution < 1.29 is 4.74 Å². The van der Waals surface area contributed by atoms with Gasteiger partial charge in [-0.2, -0.15) is 0 Å². The molecule has 1 aromatic rings. The van der Waals surface area contributed by atoms with Crippen LogP contribution in [0.3, 0.4) is 0 Å². The second-order valence-corrected chi connectivity index (χ2v) is 5.43. The molecule has 3 rings (SSSR count). The van der Waals surface area contributed by atoms with Crippen molar-refractivity contribution in [1.82, 2.24) is 5.32 Å². The van der Waals surface area contributed by atoms with Gasteiger partial charge < -0.3 is 10.1 Å². The van der Waals surface area contributed by atoms with Gasteiger partial charge in [-0.15, -0.1) is 0 Å². The number of hydrogen-bond donors (Lipinski definition) is 1. The monoisotopic (exact) mass is 231 g/mol. The zero-order valence-electron chi connectivity index (χ0n) is 10.4. The van der Waals surface area contributed by atoms with Crippen LogP contribution in [0.25, 0.3) is 0 Å². The Bertz CT molecular complexity index is 364. The minimum atomic E-state index is 0.426. The first-order valence-electron chi connectivity index (χ1n) is 6.75. The molecule has 92 valence electrons. The van der Waals surface area contributed by atoms with Crippen molar-refractivity contribution in [2.24, 2.45) is 0 Å². The minimum absolute atomic E-state index is 0.426. The predicted molar refractivity (Wildman–Crippen MR) is 69.2 cm³/mol. The molecule has 17 heavy (non-hydrogen) atoms. The van der Waals surface area contributed by atoms with Gasteiger partial charge in [-0.3, -0.25) is 0 Å². The Hall–Kier alpha value is -0.860. The molecule has 0 radical (unpaired) electrons. The van der Waals surface area contributed by atoms with Crippen molar-refractivity contribution in [3.63, 3.8) is 0 Å². The maximum atomic E-state index is 5.58. The fraction of sp³-hybridized carbons (Fsp3) is 0.600. The van der Waals surface area contributed by atoms with Crippen LogP contribution < -0.4 is 5.32 Å². The molecule has 0 amide bonds. The van der Waals surface area contributed by atoms with E-state index < -0.39 is 0 Å². The molecule has 2 aliphatic rings.